The minimum atomic E-state index is -0.683. The van der Waals surface area contributed by atoms with Gasteiger partial charge >= 0.3 is 0 Å². The zero-order valence-electron chi connectivity index (χ0n) is 18.7. The largest absolute Gasteiger partial charge is 0.389 e. The predicted molar refractivity (Wildman–Crippen MR) is 120 cm³/mol. The normalized spacial score (nSPS) is 16.4. The average Bonchev–Trinajstić information content (AvgIpc) is 3.22. The van der Waals surface area contributed by atoms with E-state index in [9.17, 15) is 13.9 Å². The third kappa shape index (κ3) is 6.68. The zero-order valence-corrected chi connectivity index (χ0v) is 18.7. The lowest BCUT2D eigenvalue weighted by atomic mass is 10.0. The molecule has 0 aliphatic carbocycles. The SMILES string of the molecule is Cc1cc(CN2CCN(C[C@H](O)COC(c3ccc(F)cc3)c3ccc(F)cc3)CC2)on1. The average molecular weight is 458 g/mol. The van der Waals surface area contributed by atoms with Crippen LogP contribution in [0.3, 0.4) is 0 Å². The number of aromatic nitrogens is 1. The van der Waals surface area contributed by atoms with E-state index in [1.165, 1.54) is 24.3 Å². The van der Waals surface area contributed by atoms with E-state index in [0.717, 1.165) is 55.3 Å². The highest BCUT2D eigenvalue weighted by Crippen LogP contribution is 2.27. The lowest BCUT2D eigenvalue weighted by Gasteiger charge is -2.35. The molecule has 1 N–H and O–H groups in total. The standard InChI is InChI=1S/C25H29F2N3O3/c1-18-14-24(33-28-18)16-30-12-10-29(11-13-30)15-23(31)17-32-25(19-2-6-21(26)7-3-19)20-4-8-22(27)9-5-20/h2-9,14,23,25,31H,10-13,15-17H2,1H3/t23-/m0/s1. The van der Waals surface area contributed by atoms with Gasteiger partial charge in [-0.05, 0) is 42.3 Å². The van der Waals surface area contributed by atoms with Gasteiger partial charge in [0.1, 0.15) is 17.7 Å². The molecule has 1 aliphatic rings. The minimum absolute atomic E-state index is 0.108. The van der Waals surface area contributed by atoms with Crippen molar-refractivity contribution in [3.63, 3.8) is 0 Å². The van der Waals surface area contributed by atoms with Gasteiger partial charge in [-0.15, -0.1) is 0 Å². The van der Waals surface area contributed by atoms with Crippen molar-refractivity contribution >= 4 is 0 Å². The monoisotopic (exact) mass is 457 g/mol. The number of aliphatic hydroxyl groups is 1. The van der Waals surface area contributed by atoms with Crippen LogP contribution >= 0.6 is 0 Å². The summed E-state index contributed by atoms with van der Waals surface area (Å²) in [4.78, 5) is 4.51. The summed E-state index contributed by atoms with van der Waals surface area (Å²) in [5.41, 5.74) is 2.37. The first-order chi connectivity index (χ1) is 16.0. The molecule has 2 heterocycles. The second kappa shape index (κ2) is 11.0. The van der Waals surface area contributed by atoms with Gasteiger partial charge in [0.05, 0.1) is 24.9 Å². The van der Waals surface area contributed by atoms with Crippen molar-refractivity contribution < 1.29 is 23.1 Å². The first-order valence-corrected chi connectivity index (χ1v) is 11.1. The highest BCUT2D eigenvalue weighted by atomic mass is 19.1. The van der Waals surface area contributed by atoms with Crippen LogP contribution in [-0.4, -0.2) is 65.5 Å². The predicted octanol–water partition coefficient (Wildman–Crippen LogP) is 3.55. The first-order valence-electron chi connectivity index (χ1n) is 11.1. The Morgan fingerprint density at radius 1 is 0.939 bits per heavy atom. The number of hydrogen-bond acceptors (Lipinski definition) is 6. The van der Waals surface area contributed by atoms with Crippen LogP contribution < -0.4 is 0 Å². The van der Waals surface area contributed by atoms with Crippen LogP contribution in [0.1, 0.15) is 28.7 Å². The zero-order chi connectivity index (χ0) is 23.2. The molecule has 1 aliphatic heterocycles. The molecular formula is C25H29F2N3O3. The number of aliphatic hydroxyl groups excluding tert-OH is 1. The quantitative estimate of drug-likeness (QED) is 0.530. The second-order valence-electron chi connectivity index (χ2n) is 8.48. The minimum Gasteiger partial charge on any atom is -0.389 e. The van der Waals surface area contributed by atoms with Gasteiger partial charge in [0.2, 0.25) is 0 Å². The molecule has 0 amide bonds. The number of halogens is 2. The fraction of sp³-hybridized carbons (Fsp3) is 0.400. The molecule has 0 radical (unpaired) electrons. The first kappa shape index (κ1) is 23.5. The van der Waals surface area contributed by atoms with Gasteiger partial charge < -0.3 is 14.4 Å². The molecule has 0 saturated carbocycles. The van der Waals surface area contributed by atoms with Crippen LogP contribution in [0, 0.1) is 18.6 Å². The Bertz CT molecular complexity index is 957. The Kier molecular flexibility index (Phi) is 7.82. The summed E-state index contributed by atoms with van der Waals surface area (Å²) in [5, 5.41) is 14.5. The van der Waals surface area contributed by atoms with Crippen LogP contribution in [0.2, 0.25) is 0 Å². The molecule has 0 spiro atoms. The number of hydrogen-bond donors (Lipinski definition) is 1. The van der Waals surface area contributed by atoms with Crippen LogP contribution in [0.5, 0.6) is 0 Å². The third-order valence-electron chi connectivity index (χ3n) is 5.79. The number of rotatable bonds is 9. The Balaban J connectivity index is 1.29. The van der Waals surface area contributed by atoms with Gasteiger partial charge in [0.15, 0.2) is 5.76 Å². The second-order valence-corrected chi connectivity index (χ2v) is 8.48. The van der Waals surface area contributed by atoms with Crippen molar-refractivity contribution in [2.75, 3.05) is 39.3 Å². The fourth-order valence-electron chi connectivity index (χ4n) is 4.06. The number of benzene rings is 2. The molecule has 8 heteroatoms. The lowest BCUT2D eigenvalue weighted by molar-refractivity contribution is -0.0152. The molecule has 6 nitrogen and oxygen atoms in total. The molecular weight excluding hydrogens is 428 g/mol. The maximum atomic E-state index is 13.4. The van der Waals surface area contributed by atoms with E-state index in [4.69, 9.17) is 9.26 Å². The summed E-state index contributed by atoms with van der Waals surface area (Å²) >= 11 is 0. The van der Waals surface area contributed by atoms with Crippen LogP contribution in [0.4, 0.5) is 8.78 Å². The van der Waals surface area contributed by atoms with Crippen LogP contribution in [-0.2, 0) is 11.3 Å². The molecule has 176 valence electrons. The molecule has 2 aromatic carbocycles. The molecule has 4 rings (SSSR count). The Morgan fingerprint density at radius 2 is 1.48 bits per heavy atom. The van der Waals surface area contributed by atoms with Crippen molar-refractivity contribution in [2.45, 2.75) is 25.7 Å². The van der Waals surface area contributed by atoms with Crippen molar-refractivity contribution in [1.29, 1.82) is 0 Å². The fourth-order valence-corrected chi connectivity index (χ4v) is 4.06. The summed E-state index contributed by atoms with van der Waals surface area (Å²) < 4.78 is 38.1. The van der Waals surface area contributed by atoms with Gasteiger partial charge in [0.25, 0.3) is 0 Å². The van der Waals surface area contributed by atoms with E-state index in [0.29, 0.717) is 6.54 Å². The van der Waals surface area contributed by atoms with E-state index >= 15 is 0 Å². The number of aryl methyl sites for hydroxylation is 1. The van der Waals surface area contributed by atoms with Crippen LogP contribution in [0.15, 0.2) is 59.1 Å². The molecule has 1 saturated heterocycles. The van der Waals surface area contributed by atoms with Gasteiger partial charge in [-0.25, -0.2) is 8.78 Å². The van der Waals surface area contributed by atoms with E-state index < -0.39 is 12.2 Å². The molecule has 3 aromatic rings. The maximum Gasteiger partial charge on any atom is 0.150 e. The molecule has 0 bridgehead atoms. The summed E-state index contributed by atoms with van der Waals surface area (Å²) in [6, 6.07) is 14.0. The number of piperazine rings is 1. The summed E-state index contributed by atoms with van der Waals surface area (Å²) in [6.07, 6.45) is -1.21. The third-order valence-corrected chi connectivity index (χ3v) is 5.79. The van der Waals surface area contributed by atoms with E-state index in [1.54, 1.807) is 24.3 Å². The summed E-state index contributed by atoms with van der Waals surface area (Å²) in [7, 11) is 0. The molecule has 1 aromatic heterocycles. The van der Waals surface area contributed by atoms with Crippen LogP contribution in [0.25, 0.3) is 0 Å². The van der Waals surface area contributed by atoms with Crippen molar-refractivity contribution in [1.82, 2.24) is 15.0 Å². The topological polar surface area (TPSA) is 62.0 Å². The van der Waals surface area contributed by atoms with Gasteiger partial charge in [-0.2, -0.15) is 0 Å². The number of nitrogens with zero attached hydrogens (tertiary/aromatic N) is 3. The summed E-state index contributed by atoms with van der Waals surface area (Å²) in [6.45, 7) is 6.67. The smallest absolute Gasteiger partial charge is 0.150 e. The highest BCUT2D eigenvalue weighted by molar-refractivity contribution is 5.30. The van der Waals surface area contributed by atoms with E-state index in [1.807, 2.05) is 13.0 Å². The molecule has 1 fully saturated rings. The number of ether oxygens (including phenoxy) is 1. The Morgan fingerprint density at radius 3 is 2.00 bits per heavy atom. The van der Waals surface area contributed by atoms with Gasteiger partial charge in [-0.3, -0.25) is 9.80 Å². The molecule has 1 atom stereocenters. The van der Waals surface area contributed by atoms with Crippen molar-refractivity contribution in [3.05, 3.63) is 88.8 Å². The Hall–Kier alpha value is -2.65. The molecule has 33 heavy (non-hydrogen) atoms. The molecule has 0 unspecified atom stereocenters. The Labute approximate surface area is 192 Å². The van der Waals surface area contributed by atoms with E-state index in [-0.39, 0.29) is 18.2 Å². The van der Waals surface area contributed by atoms with Crippen molar-refractivity contribution in [2.24, 2.45) is 0 Å². The highest BCUT2D eigenvalue weighted by Gasteiger charge is 2.22. The van der Waals surface area contributed by atoms with Gasteiger partial charge in [0, 0.05) is 38.8 Å². The van der Waals surface area contributed by atoms with E-state index in [2.05, 4.69) is 15.0 Å². The van der Waals surface area contributed by atoms with Gasteiger partial charge in [-0.1, -0.05) is 29.4 Å². The number of β-amino-alcohol motifs (C(OH)–C–C–N with tert-alkyl or cyclic N) is 1. The lowest BCUT2D eigenvalue weighted by Crippen LogP contribution is -2.48. The maximum absolute atomic E-state index is 13.4. The van der Waals surface area contributed by atoms with Crippen molar-refractivity contribution in [3.8, 4) is 0 Å². The summed E-state index contributed by atoms with van der Waals surface area (Å²) in [5.74, 6) is 0.186.